The third-order valence-electron chi connectivity index (χ3n) is 15.2. The minimum Gasteiger partial charge on any atom is -0.504 e. The number of H-pyrrole nitrogens is 1. The topological polar surface area (TPSA) is 176 Å². The highest BCUT2D eigenvalue weighted by molar-refractivity contribution is 5.94. The van der Waals surface area contributed by atoms with E-state index < -0.39 is 18.2 Å². The van der Waals surface area contributed by atoms with Crippen LogP contribution < -0.4 is 9.47 Å². The van der Waals surface area contributed by atoms with Gasteiger partial charge in [-0.2, -0.15) is 0 Å². The van der Waals surface area contributed by atoms with E-state index in [1.54, 1.807) is 18.2 Å². The summed E-state index contributed by atoms with van der Waals surface area (Å²) in [6.07, 6.45) is 8.83. The number of aldehydes is 1. The van der Waals surface area contributed by atoms with Crippen molar-refractivity contribution in [3.63, 3.8) is 0 Å². The van der Waals surface area contributed by atoms with Crippen molar-refractivity contribution >= 4 is 34.5 Å². The highest BCUT2D eigenvalue weighted by Crippen LogP contribution is 2.67. The Labute approximate surface area is 367 Å². The zero-order chi connectivity index (χ0) is 43.8. The Bertz CT molecular complexity index is 2490. The number of methoxy groups -OCH3 is 1. The van der Waals surface area contributed by atoms with E-state index in [0.29, 0.717) is 37.9 Å². The fourth-order valence-electron chi connectivity index (χ4n) is 12.6. The number of aryl methyl sites for hydroxylation is 1. The summed E-state index contributed by atoms with van der Waals surface area (Å²) < 4.78 is 17.4. The molecule has 2 heterocycles. The quantitative estimate of drug-likeness (QED) is 0.0670. The number of para-hydroxylation sites is 1. The molecule has 330 valence electrons. The number of phenolic OH excluding ortho intramolecular Hbond substituents is 2. The number of hydrogen-bond acceptors (Lipinski definition) is 10. The minimum absolute atomic E-state index is 0.0120. The van der Waals surface area contributed by atoms with Gasteiger partial charge in [-0.3, -0.25) is 9.59 Å². The number of cyclic esters (lactones) is 1. The maximum atomic E-state index is 14.9. The third-order valence-corrected chi connectivity index (χ3v) is 15.2. The van der Waals surface area contributed by atoms with Gasteiger partial charge in [0.15, 0.2) is 23.0 Å². The van der Waals surface area contributed by atoms with E-state index in [4.69, 9.17) is 14.2 Å². The molecule has 3 fully saturated rings. The molecule has 1 aromatic heterocycles. The number of hydrogen-bond donors (Lipinski definition) is 5. The first-order chi connectivity index (χ1) is 30.6. The van der Waals surface area contributed by atoms with E-state index in [2.05, 4.69) is 29.0 Å². The van der Waals surface area contributed by atoms with Gasteiger partial charge in [-0.25, -0.2) is 0 Å². The lowest BCUT2D eigenvalue weighted by atomic mass is 9.46. The number of carbonyl (C=O) groups excluding carboxylic acids is 3. The highest BCUT2D eigenvalue weighted by atomic mass is 16.5. The van der Waals surface area contributed by atoms with Gasteiger partial charge in [0.1, 0.15) is 31.2 Å². The molecular formula is C52H57NO10. The number of fused-ring (bicyclic) bond motifs is 9. The van der Waals surface area contributed by atoms with E-state index in [0.717, 1.165) is 76.5 Å². The molecule has 5 N–H and O–H groups in total. The van der Waals surface area contributed by atoms with Gasteiger partial charge < -0.3 is 44.4 Å². The van der Waals surface area contributed by atoms with Crippen molar-refractivity contribution in [1.29, 1.82) is 0 Å². The zero-order valence-corrected chi connectivity index (χ0v) is 35.8. The fraction of sp³-hybridized carbons (Fsp3) is 0.481. The van der Waals surface area contributed by atoms with Crippen LogP contribution in [-0.4, -0.2) is 76.0 Å². The van der Waals surface area contributed by atoms with E-state index in [1.165, 1.54) is 19.5 Å². The minimum atomic E-state index is -0.765. The Hall–Kier alpha value is -5.57. The number of ketones is 1. The number of phenols is 2. The van der Waals surface area contributed by atoms with E-state index in [9.17, 15) is 34.8 Å². The molecule has 5 aliphatic rings. The van der Waals surface area contributed by atoms with Crippen LogP contribution in [0.1, 0.15) is 104 Å². The maximum absolute atomic E-state index is 14.9. The second kappa shape index (κ2) is 17.9. The number of esters is 1. The second-order valence-electron chi connectivity index (χ2n) is 18.6. The first kappa shape index (κ1) is 42.7. The molecule has 63 heavy (non-hydrogen) atoms. The second-order valence-corrected chi connectivity index (χ2v) is 18.6. The highest BCUT2D eigenvalue weighted by Gasteiger charge is 2.60. The molecule has 9 rings (SSSR count). The SMILES string of the molecule is COc1cc2c(cc1O)C1=C[C@H]3C[C@]4(CCC[C@H]4C=O)[C@H]4C[C@@H](O)CC[C@@H]4[C@@H]3[C@@H]2CC(=O)C[C@@H](CCc2ccc(O)c(OCCO)c2)OC(=O)CC#CCc2c1[nH]c1ccccc21. The van der Waals surface area contributed by atoms with Crippen LogP contribution in [-0.2, 0) is 32.0 Å². The predicted molar refractivity (Wildman–Crippen MR) is 236 cm³/mol. The van der Waals surface area contributed by atoms with Crippen molar-refractivity contribution in [2.45, 2.75) is 102 Å². The number of ether oxygens (including phenoxy) is 3. The Morgan fingerprint density at radius 1 is 0.984 bits per heavy atom. The number of benzene rings is 3. The van der Waals surface area contributed by atoms with Gasteiger partial charge in [-0.05, 0) is 139 Å². The lowest BCUT2D eigenvalue weighted by molar-refractivity contribution is -0.149. The average molecular weight is 856 g/mol. The van der Waals surface area contributed by atoms with Gasteiger partial charge in [-0.1, -0.05) is 48.6 Å². The number of aliphatic hydroxyl groups is 2. The molecular weight excluding hydrogens is 799 g/mol. The first-order valence-corrected chi connectivity index (χ1v) is 22.7. The number of allylic oxidation sites excluding steroid dienone is 1. The number of nitrogens with one attached hydrogen (secondary N) is 1. The number of aromatic amines is 1. The van der Waals surface area contributed by atoms with E-state index in [1.807, 2.05) is 24.3 Å². The molecule has 1 aliphatic heterocycles. The largest absolute Gasteiger partial charge is 0.504 e. The lowest BCUT2D eigenvalue weighted by Crippen LogP contribution is -2.53. The monoisotopic (exact) mass is 855 g/mol. The van der Waals surface area contributed by atoms with Crippen molar-refractivity contribution in [2.75, 3.05) is 20.3 Å². The van der Waals surface area contributed by atoms with E-state index in [-0.39, 0.29) is 96.4 Å². The molecule has 11 heteroatoms. The molecule has 4 aromatic rings. The van der Waals surface area contributed by atoms with Gasteiger partial charge in [0, 0.05) is 41.7 Å². The van der Waals surface area contributed by atoms with Crippen LogP contribution in [0.15, 0.2) is 60.7 Å². The Morgan fingerprint density at radius 2 is 1.83 bits per heavy atom. The lowest BCUT2D eigenvalue weighted by Gasteiger charge is -2.58. The zero-order valence-electron chi connectivity index (χ0n) is 35.8. The molecule has 2 bridgehead atoms. The van der Waals surface area contributed by atoms with Gasteiger partial charge in [0.25, 0.3) is 0 Å². The van der Waals surface area contributed by atoms with Gasteiger partial charge in [0.2, 0.25) is 0 Å². The summed E-state index contributed by atoms with van der Waals surface area (Å²) >= 11 is 0. The summed E-state index contributed by atoms with van der Waals surface area (Å²) in [6.45, 7) is -0.193. The average Bonchev–Trinajstić information content (AvgIpc) is 3.83. The van der Waals surface area contributed by atoms with Crippen molar-refractivity contribution in [2.24, 2.45) is 35.0 Å². The van der Waals surface area contributed by atoms with Crippen LogP contribution in [0.5, 0.6) is 23.0 Å². The molecule has 0 radical (unpaired) electrons. The van der Waals surface area contributed by atoms with Crippen molar-refractivity contribution in [3.05, 3.63) is 88.6 Å². The number of carbonyl (C=O) groups is 3. The number of rotatable bonds is 8. The number of aliphatic hydroxyl groups excluding tert-OH is 2. The molecule has 0 saturated heterocycles. The molecule has 11 nitrogen and oxygen atoms in total. The smallest absolute Gasteiger partial charge is 0.318 e. The normalized spacial score (nSPS) is 29.3. The van der Waals surface area contributed by atoms with Crippen LogP contribution in [0.25, 0.3) is 16.5 Å². The Morgan fingerprint density at radius 3 is 2.65 bits per heavy atom. The Kier molecular flexibility index (Phi) is 12.1. The fourth-order valence-corrected chi connectivity index (χ4v) is 12.6. The van der Waals surface area contributed by atoms with E-state index >= 15 is 0 Å². The standard InChI is InChI=1S/C52H57NO10/c1-61-47-27-40-39(26-46(47)59)42-22-31-28-52(18-6-7-32(52)29-55)43-25-33(56)14-16-38(43)50(31)41(40)24-34(57)23-35(15-12-30-13-17-45(58)48(21-30)62-20-19-54)63-49(60)11-5-3-9-37-36-8-2-4-10-44(36)53-51(37)42/h2,4,8,10,13,17,21-22,26-27,29,31-33,35,38,41,43,50,53-54,56,58-59H,6-7,9,11-12,14-16,18-20,23-25,28H2,1H3/t31-,32-,33-,35+,38-,41+,43-,50+,52-/m0/s1. The van der Waals surface area contributed by atoms with Gasteiger partial charge in [-0.15, -0.1) is 0 Å². The summed E-state index contributed by atoms with van der Waals surface area (Å²) in [7, 11) is 1.53. The van der Waals surface area contributed by atoms with Crippen LogP contribution in [0.4, 0.5) is 0 Å². The molecule has 3 saturated carbocycles. The van der Waals surface area contributed by atoms with Crippen LogP contribution >= 0.6 is 0 Å². The molecule has 3 aromatic carbocycles. The van der Waals surface area contributed by atoms with Crippen molar-refractivity contribution in [1.82, 2.24) is 4.98 Å². The van der Waals surface area contributed by atoms with Crippen LogP contribution in [0.3, 0.4) is 0 Å². The number of aromatic nitrogens is 1. The summed E-state index contributed by atoms with van der Waals surface area (Å²) in [5.74, 6) is 5.85. The molecule has 0 amide bonds. The Balaban J connectivity index is 1.20. The molecule has 1 spiro atoms. The molecule has 9 atom stereocenters. The first-order valence-electron chi connectivity index (χ1n) is 22.7. The van der Waals surface area contributed by atoms with Gasteiger partial charge >= 0.3 is 5.97 Å². The summed E-state index contributed by atoms with van der Waals surface area (Å²) in [5, 5.41) is 43.5. The summed E-state index contributed by atoms with van der Waals surface area (Å²) in [6, 6.07) is 16.7. The van der Waals surface area contributed by atoms with Crippen molar-refractivity contribution in [3.8, 4) is 34.8 Å². The number of Topliss-reactive ketones (excluding diaryl/α,β-unsaturated/α-hetero) is 1. The van der Waals surface area contributed by atoms with Gasteiger partial charge in [0.05, 0.1) is 25.5 Å². The summed E-state index contributed by atoms with van der Waals surface area (Å²) in [4.78, 5) is 45.2. The van der Waals surface area contributed by atoms with Crippen molar-refractivity contribution < 1.29 is 49.0 Å². The maximum Gasteiger partial charge on any atom is 0.318 e. The summed E-state index contributed by atoms with van der Waals surface area (Å²) in [5.41, 5.74) is 5.88. The van der Waals surface area contributed by atoms with Crippen LogP contribution in [0.2, 0.25) is 0 Å². The predicted octanol–water partition coefficient (Wildman–Crippen LogP) is 7.73. The third kappa shape index (κ3) is 8.13. The molecule has 4 aliphatic carbocycles. The molecule has 0 unspecified atom stereocenters. The van der Waals surface area contributed by atoms with Crippen LogP contribution in [0, 0.1) is 46.8 Å². The number of aromatic hydroxyl groups is 2.